The van der Waals surface area contributed by atoms with Gasteiger partial charge >= 0.3 is 6.11 Å². The van der Waals surface area contributed by atoms with Crippen LogP contribution in [-0.2, 0) is 6.42 Å². The minimum atomic E-state index is -3.14. The average molecular weight is 475 g/mol. The van der Waals surface area contributed by atoms with Gasteiger partial charge in [-0.15, -0.1) is 0 Å². The van der Waals surface area contributed by atoms with E-state index < -0.39 is 6.11 Å². The highest BCUT2D eigenvalue weighted by Gasteiger charge is 2.30. The Kier molecular flexibility index (Phi) is 13.7. The Balaban J connectivity index is 1.68. The van der Waals surface area contributed by atoms with Crippen LogP contribution in [0.25, 0.3) is 11.4 Å². The molecule has 190 valence electrons. The fraction of sp³-hybridized carbons (Fsp3) is 0.655. The summed E-state index contributed by atoms with van der Waals surface area (Å²) in [6.45, 7) is 4.32. The summed E-state index contributed by atoms with van der Waals surface area (Å²) in [5, 5.41) is 0. The second-order valence-electron chi connectivity index (χ2n) is 9.42. The maximum atomic E-state index is 14.0. The van der Waals surface area contributed by atoms with Crippen LogP contribution >= 0.6 is 0 Å². The Labute approximate surface area is 205 Å². The van der Waals surface area contributed by atoms with E-state index in [-0.39, 0.29) is 12.2 Å². The van der Waals surface area contributed by atoms with Gasteiger partial charge < -0.3 is 4.74 Å². The number of aryl methyl sites for hydroxylation is 1. The molecule has 0 aliphatic rings. The van der Waals surface area contributed by atoms with Crippen molar-refractivity contribution in [1.82, 2.24) is 9.97 Å². The molecule has 34 heavy (non-hydrogen) atoms. The van der Waals surface area contributed by atoms with E-state index in [1.807, 2.05) is 12.4 Å². The summed E-state index contributed by atoms with van der Waals surface area (Å²) in [5.74, 6) is 0.770. The third-order valence-corrected chi connectivity index (χ3v) is 6.23. The first kappa shape index (κ1) is 28.2. The van der Waals surface area contributed by atoms with Gasteiger partial charge in [0.15, 0.2) is 5.82 Å². The van der Waals surface area contributed by atoms with Gasteiger partial charge in [-0.1, -0.05) is 90.9 Å². The molecule has 0 amide bonds. The molecule has 2 aromatic rings. The molecule has 0 saturated carbocycles. The van der Waals surface area contributed by atoms with Crippen LogP contribution < -0.4 is 4.74 Å². The van der Waals surface area contributed by atoms with Crippen molar-refractivity contribution in [3.05, 3.63) is 42.2 Å². The minimum absolute atomic E-state index is 0.168. The number of halogens is 2. The van der Waals surface area contributed by atoms with Crippen LogP contribution in [0.15, 0.2) is 36.7 Å². The summed E-state index contributed by atoms with van der Waals surface area (Å²) >= 11 is 0. The van der Waals surface area contributed by atoms with Crippen LogP contribution in [0.1, 0.15) is 116 Å². The van der Waals surface area contributed by atoms with Crippen LogP contribution in [0.5, 0.6) is 5.75 Å². The van der Waals surface area contributed by atoms with Gasteiger partial charge in [-0.25, -0.2) is 9.97 Å². The maximum absolute atomic E-state index is 14.0. The fourth-order valence-corrected chi connectivity index (χ4v) is 4.10. The molecule has 2 rings (SSSR count). The first-order chi connectivity index (χ1) is 16.5. The molecule has 0 saturated heterocycles. The number of rotatable bonds is 19. The van der Waals surface area contributed by atoms with Crippen LogP contribution in [0.4, 0.5) is 8.78 Å². The summed E-state index contributed by atoms with van der Waals surface area (Å²) < 4.78 is 32.9. The average Bonchev–Trinajstić information content (AvgIpc) is 2.84. The molecule has 5 heteroatoms. The molecular weight excluding hydrogens is 430 g/mol. The maximum Gasteiger partial charge on any atom is 0.397 e. The van der Waals surface area contributed by atoms with E-state index in [0.717, 1.165) is 43.2 Å². The summed E-state index contributed by atoms with van der Waals surface area (Å²) in [5.41, 5.74) is 1.94. The van der Waals surface area contributed by atoms with Crippen molar-refractivity contribution < 1.29 is 13.5 Å². The monoisotopic (exact) mass is 474 g/mol. The lowest BCUT2D eigenvalue weighted by molar-refractivity contribution is -0.181. The standard InChI is InChI=1S/C29H44F2N2O/c1-3-5-7-9-10-11-12-13-14-15-17-25-23-32-28(33-24-25)26-18-20-27(21-19-26)34-29(30,31)22-16-8-6-4-2/h18-21,23-24H,3-17,22H2,1-2H3. The third kappa shape index (κ3) is 11.9. The minimum Gasteiger partial charge on any atom is -0.433 e. The molecule has 0 aliphatic heterocycles. The number of hydrogen-bond donors (Lipinski definition) is 0. The van der Waals surface area contributed by atoms with E-state index in [1.165, 1.54) is 57.8 Å². The van der Waals surface area contributed by atoms with Crippen LogP contribution in [-0.4, -0.2) is 16.1 Å². The summed E-state index contributed by atoms with van der Waals surface area (Å²) in [7, 11) is 0. The molecule has 0 spiro atoms. The van der Waals surface area contributed by atoms with Crippen molar-refractivity contribution in [2.75, 3.05) is 0 Å². The number of unbranched alkanes of at least 4 members (excludes halogenated alkanes) is 12. The Morgan fingerprint density at radius 3 is 1.74 bits per heavy atom. The quantitative estimate of drug-likeness (QED) is 0.190. The van der Waals surface area contributed by atoms with Gasteiger partial charge in [-0.3, -0.25) is 0 Å². The lowest BCUT2D eigenvalue weighted by Crippen LogP contribution is -2.24. The van der Waals surface area contributed by atoms with E-state index in [1.54, 1.807) is 24.3 Å². The fourth-order valence-electron chi connectivity index (χ4n) is 4.10. The van der Waals surface area contributed by atoms with Crippen molar-refractivity contribution in [2.45, 2.75) is 123 Å². The van der Waals surface area contributed by atoms with E-state index in [2.05, 4.69) is 23.8 Å². The van der Waals surface area contributed by atoms with Gasteiger partial charge in [0.05, 0.1) is 6.42 Å². The van der Waals surface area contributed by atoms with Crippen LogP contribution in [0.3, 0.4) is 0 Å². The van der Waals surface area contributed by atoms with Crippen molar-refractivity contribution in [3.63, 3.8) is 0 Å². The first-order valence-corrected chi connectivity index (χ1v) is 13.5. The predicted molar refractivity (Wildman–Crippen MR) is 137 cm³/mol. The Morgan fingerprint density at radius 2 is 1.18 bits per heavy atom. The normalized spacial score (nSPS) is 11.6. The lowest BCUT2D eigenvalue weighted by Gasteiger charge is -2.18. The Bertz CT molecular complexity index is 763. The van der Waals surface area contributed by atoms with Gasteiger partial charge in [0.1, 0.15) is 5.75 Å². The lowest BCUT2D eigenvalue weighted by atomic mass is 10.0. The zero-order chi connectivity index (χ0) is 24.5. The van der Waals surface area contributed by atoms with Crippen molar-refractivity contribution in [2.24, 2.45) is 0 Å². The molecular formula is C29H44F2N2O. The van der Waals surface area contributed by atoms with E-state index in [4.69, 9.17) is 4.74 Å². The summed E-state index contributed by atoms with van der Waals surface area (Å²) in [6.07, 6.45) is 17.9. The number of alkyl halides is 2. The Morgan fingerprint density at radius 1 is 0.676 bits per heavy atom. The number of benzene rings is 1. The SMILES string of the molecule is CCCCCCCCCCCCc1cnc(-c2ccc(OC(F)(F)CCCCCC)cc2)nc1. The number of aromatic nitrogens is 2. The molecule has 0 N–H and O–H groups in total. The summed E-state index contributed by atoms with van der Waals surface area (Å²) in [4.78, 5) is 8.95. The third-order valence-electron chi connectivity index (χ3n) is 6.23. The highest BCUT2D eigenvalue weighted by molar-refractivity contribution is 5.55. The molecule has 0 aliphatic carbocycles. The molecule has 0 unspecified atom stereocenters. The van der Waals surface area contributed by atoms with Crippen LogP contribution in [0.2, 0.25) is 0 Å². The molecule has 0 fully saturated rings. The highest BCUT2D eigenvalue weighted by atomic mass is 19.3. The van der Waals surface area contributed by atoms with Gasteiger partial charge in [0, 0.05) is 18.0 Å². The van der Waals surface area contributed by atoms with E-state index in [0.29, 0.717) is 12.2 Å². The number of ether oxygens (including phenoxy) is 1. The van der Waals surface area contributed by atoms with E-state index in [9.17, 15) is 8.78 Å². The molecule has 0 radical (unpaired) electrons. The van der Waals surface area contributed by atoms with Gasteiger partial charge in [-0.2, -0.15) is 8.78 Å². The van der Waals surface area contributed by atoms with Crippen molar-refractivity contribution in [1.29, 1.82) is 0 Å². The molecule has 1 heterocycles. The van der Waals surface area contributed by atoms with Gasteiger partial charge in [0.25, 0.3) is 0 Å². The first-order valence-electron chi connectivity index (χ1n) is 13.5. The van der Waals surface area contributed by atoms with Gasteiger partial charge in [0.2, 0.25) is 0 Å². The molecule has 3 nitrogen and oxygen atoms in total. The summed E-state index contributed by atoms with van der Waals surface area (Å²) in [6, 6.07) is 6.60. The topological polar surface area (TPSA) is 35.0 Å². The molecule has 1 aromatic heterocycles. The number of hydrogen-bond acceptors (Lipinski definition) is 3. The van der Waals surface area contributed by atoms with Crippen molar-refractivity contribution in [3.8, 4) is 17.1 Å². The predicted octanol–water partition coefficient (Wildman–Crippen LogP) is 9.55. The molecule has 0 atom stereocenters. The largest absolute Gasteiger partial charge is 0.433 e. The smallest absolute Gasteiger partial charge is 0.397 e. The zero-order valence-electron chi connectivity index (χ0n) is 21.3. The molecule has 0 bridgehead atoms. The van der Waals surface area contributed by atoms with E-state index >= 15 is 0 Å². The molecule has 1 aromatic carbocycles. The zero-order valence-corrected chi connectivity index (χ0v) is 21.3. The highest BCUT2D eigenvalue weighted by Crippen LogP contribution is 2.28. The Hall–Kier alpha value is -2.04. The second kappa shape index (κ2) is 16.6. The second-order valence-corrected chi connectivity index (χ2v) is 9.42. The van der Waals surface area contributed by atoms with Crippen molar-refractivity contribution >= 4 is 0 Å². The van der Waals surface area contributed by atoms with Gasteiger partial charge in [-0.05, 0) is 49.1 Å². The van der Waals surface area contributed by atoms with Crippen LogP contribution in [0, 0.1) is 0 Å². The number of nitrogens with zero attached hydrogens (tertiary/aromatic N) is 2.